The zero-order chi connectivity index (χ0) is 15.0. The quantitative estimate of drug-likeness (QED) is 0.518. The molecular formula is C15H8ClF2NOS. The van der Waals surface area contributed by atoms with Gasteiger partial charge >= 0.3 is 0 Å². The van der Waals surface area contributed by atoms with E-state index in [2.05, 4.69) is 4.98 Å². The van der Waals surface area contributed by atoms with Gasteiger partial charge in [0.15, 0.2) is 5.78 Å². The summed E-state index contributed by atoms with van der Waals surface area (Å²) in [6.07, 6.45) is -0.0721. The number of para-hydroxylation sites is 1. The fraction of sp³-hybridized carbons (Fsp3) is 0.0667. The molecule has 106 valence electrons. The fourth-order valence-corrected chi connectivity index (χ4v) is 3.08. The zero-order valence-corrected chi connectivity index (χ0v) is 12.1. The molecule has 0 bridgehead atoms. The molecule has 0 atom stereocenters. The third-order valence-corrected chi connectivity index (χ3v) is 4.29. The van der Waals surface area contributed by atoms with Crippen LogP contribution in [0.25, 0.3) is 10.2 Å². The molecule has 0 aliphatic rings. The van der Waals surface area contributed by atoms with E-state index in [-0.39, 0.29) is 17.0 Å². The summed E-state index contributed by atoms with van der Waals surface area (Å²) in [6.45, 7) is 0. The molecule has 0 aliphatic carbocycles. The Morgan fingerprint density at radius 3 is 2.71 bits per heavy atom. The standard InChI is InChI=1S/C15H8ClF2NOS/c16-9-6-10(17)8(5-11(9)18)13(20)7-15-19-12-3-1-2-4-14(12)21-15/h1-6H,7H2. The van der Waals surface area contributed by atoms with Gasteiger partial charge in [-0.05, 0) is 24.3 Å². The highest BCUT2D eigenvalue weighted by Crippen LogP contribution is 2.24. The lowest BCUT2D eigenvalue weighted by Gasteiger charge is -2.02. The maximum atomic E-state index is 13.7. The number of halogens is 3. The lowest BCUT2D eigenvalue weighted by atomic mass is 10.1. The number of carbonyl (C=O) groups excluding carboxylic acids is 1. The Labute approximate surface area is 128 Å². The van der Waals surface area contributed by atoms with Gasteiger partial charge in [0.1, 0.15) is 16.6 Å². The van der Waals surface area contributed by atoms with Gasteiger partial charge in [-0.3, -0.25) is 4.79 Å². The van der Waals surface area contributed by atoms with E-state index in [1.54, 1.807) is 0 Å². The molecule has 2 aromatic carbocycles. The van der Waals surface area contributed by atoms with Gasteiger partial charge in [0.05, 0.1) is 27.2 Å². The second kappa shape index (κ2) is 5.50. The normalized spacial score (nSPS) is 11.0. The number of nitrogens with zero attached hydrogens (tertiary/aromatic N) is 1. The minimum Gasteiger partial charge on any atom is -0.294 e. The first-order chi connectivity index (χ1) is 10.0. The molecule has 0 unspecified atom stereocenters. The number of thiazole rings is 1. The van der Waals surface area contributed by atoms with Crippen LogP contribution in [0.15, 0.2) is 36.4 Å². The highest BCUT2D eigenvalue weighted by atomic mass is 35.5. The molecule has 0 saturated heterocycles. The van der Waals surface area contributed by atoms with E-state index in [4.69, 9.17) is 11.6 Å². The number of carbonyl (C=O) groups is 1. The molecule has 1 heterocycles. The predicted molar refractivity (Wildman–Crippen MR) is 79.0 cm³/mol. The Balaban J connectivity index is 1.91. The van der Waals surface area contributed by atoms with Gasteiger partial charge < -0.3 is 0 Å². The third-order valence-electron chi connectivity index (χ3n) is 2.96. The average molecular weight is 324 g/mol. The summed E-state index contributed by atoms with van der Waals surface area (Å²) in [5, 5.41) is 0.222. The van der Waals surface area contributed by atoms with Crippen molar-refractivity contribution in [1.29, 1.82) is 0 Å². The molecule has 0 N–H and O–H groups in total. The van der Waals surface area contributed by atoms with Gasteiger partial charge in [0.25, 0.3) is 0 Å². The molecule has 2 nitrogen and oxygen atoms in total. The first kappa shape index (κ1) is 14.1. The summed E-state index contributed by atoms with van der Waals surface area (Å²) in [4.78, 5) is 16.4. The van der Waals surface area contributed by atoms with Gasteiger partial charge in [0.2, 0.25) is 0 Å². The van der Waals surface area contributed by atoms with Crippen molar-refractivity contribution in [3.8, 4) is 0 Å². The molecule has 0 radical (unpaired) electrons. The number of hydrogen-bond donors (Lipinski definition) is 0. The molecular weight excluding hydrogens is 316 g/mol. The van der Waals surface area contributed by atoms with Crippen LogP contribution in [0.4, 0.5) is 8.78 Å². The summed E-state index contributed by atoms with van der Waals surface area (Å²) >= 11 is 6.83. The van der Waals surface area contributed by atoms with Crippen molar-refractivity contribution < 1.29 is 13.6 Å². The molecule has 21 heavy (non-hydrogen) atoms. The van der Waals surface area contributed by atoms with Gasteiger partial charge in [0, 0.05) is 0 Å². The number of aromatic nitrogens is 1. The van der Waals surface area contributed by atoms with Crippen LogP contribution in [-0.2, 0) is 6.42 Å². The fourth-order valence-electron chi connectivity index (χ4n) is 1.96. The number of Topliss-reactive ketones (excluding diaryl/α,β-unsaturated/α-hetero) is 1. The topological polar surface area (TPSA) is 30.0 Å². The van der Waals surface area contributed by atoms with Crippen LogP contribution in [0, 0.1) is 11.6 Å². The van der Waals surface area contributed by atoms with Crippen LogP contribution < -0.4 is 0 Å². The Kier molecular flexibility index (Phi) is 3.69. The number of benzene rings is 2. The maximum Gasteiger partial charge on any atom is 0.172 e. The van der Waals surface area contributed by atoms with Crippen molar-refractivity contribution in [2.24, 2.45) is 0 Å². The van der Waals surface area contributed by atoms with Crippen LogP contribution in [0.2, 0.25) is 5.02 Å². The van der Waals surface area contributed by atoms with Crippen molar-refractivity contribution in [3.05, 3.63) is 63.6 Å². The monoisotopic (exact) mass is 323 g/mol. The molecule has 6 heteroatoms. The largest absolute Gasteiger partial charge is 0.294 e. The van der Waals surface area contributed by atoms with Gasteiger partial charge in [-0.1, -0.05) is 23.7 Å². The predicted octanol–water partition coefficient (Wildman–Crippen LogP) is 4.65. The summed E-state index contributed by atoms with van der Waals surface area (Å²) in [7, 11) is 0. The van der Waals surface area contributed by atoms with E-state index in [1.807, 2.05) is 24.3 Å². The summed E-state index contributed by atoms with van der Waals surface area (Å²) < 4.78 is 28.0. The van der Waals surface area contributed by atoms with E-state index >= 15 is 0 Å². The SMILES string of the molecule is O=C(Cc1nc2ccccc2s1)c1cc(F)c(Cl)cc1F. The van der Waals surface area contributed by atoms with E-state index in [0.717, 1.165) is 22.3 Å². The lowest BCUT2D eigenvalue weighted by Crippen LogP contribution is -2.07. The van der Waals surface area contributed by atoms with Gasteiger partial charge in [-0.25, -0.2) is 13.8 Å². The van der Waals surface area contributed by atoms with E-state index in [1.165, 1.54) is 11.3 Å². The summed E-state index contributed by atoms with van der Waals surface area (Å²) in [6, 6.07) is 9.09. The van der Waals surface area contributed by atoms with Crippen molar-refractivity contribution in [2.45, 2.75) is 6.42 Å². The van der Waals surface area contributed by atoms with Crippen LogP contribution in [0.1, 0.15) is 15.4 Å². The maximum absolute atomic E-state index is 13.7. The first-order valence-corrected chi connectivity index (χ1v) is 7.26. The molecule has 3 aromatic rings. The second-order valence-corrected chi connectivity index (χ2v) is 5.94. The molecule has 3 rings (SSSR count). The molecule has 0 fully saturated rings. The smallest absolute Gasteiger partial charge is 0.172 e. The highest BCUT2D eigenvalue weighted by molar-refractivity contribution is 7.18. The molecule has 1 aromatic heterocycles. The van der Waals surface area contributed by atoms with Crippen molar-refractivity contribution in [2.75, 3.05) is 0 Å². The zero-order valence-electron chi connectivity index (χ0n) is 10.6. The number of rotatable bonds is 3. The van der Waals surface area contributed by atoms with Crippen molar-refractivity contribution >= 4 is 38.9 Å². The Bertz CT molecular complexity index is 814. The molecule has 0 spiro atoms. The third kappa shape index (κ3) is 2.80. The van der Waals surface area contributed by atoms with Crippen LogP contribution >= 0.6 is 22.9 Å². The van der Waals surface area contributed by atoms with Crippen LogP contribution in [0.5, 0.6) is 0 Å². The summed E-state index contributed by atoms with van der Waals surface area (Å²) in [5.74, 6) is -2.17. The lowest BCUT2D eigenvalue weighted by molar-refractivity contribution is 0.0988. The van der Waals surface area contributed by atoms with E-state index < -0.39 is 17.4 Å². The Hall–Kier alpha value is -1.85. The Morgan fingerprint density at radius 1 is 1.19 bits per heavy atom. The summed E-state index contributed by atoms with van der Waals surface area (Å²) in [5.41, 5.74) is 0.476. The molecule has 0 aliphatic heterocycles. The minimum absolute atomic E-state index is 0.0721. The van der Waals surface area contributed by atoms with Gasteiger partial charge in [-0.2, -0.15) is 0 Å². The number of fused-ring (bicyclic) bond motifs is 1. The first-order valence-electron chi connectivity index (χ1n) is 6.07. The van der Waals surface area contributed by atoms with Gasteiger partial charge in [-0.15, -0.1) is 11.3 Å². The van der Waals surface area contributed by atoms with Crippen LogP contribution in [-0.4, -0.2) is 10.8 Å². The Morgan fingerprint density at radius 2 is 1.95 bits per heavy atom. The molecule has 0 amide bonds. The number of hydrogen-bond acceptors (Lipinski definition) is 3. The second-order valence-electron chi connectivity index (χ2n) is 4.42. The average Bonchev–Trinajstić information content (AvgIpc) is 2.84. The molecule has 0 saturated carbocycles. The van der Waals surface area contributed by atoms with Crippen LogP contribution in [0.3, 0.4) is 0 Å². The minimum atomic E-state index is -0.826. The van der Waals surface area contributed by atoms with E-state index in [9.17, 15) is 13.6 Å². The van der Waals surface area contributed by atoms with Crippen molar-refractivity contribution in [1.82, 2.24) is 4.98 Å². The highest BCUT2D eigenvalue weighted by Gasteiger charge is 2.17. The van der Waals surface area contributed by atoms with E-state index in [0.29, 0.717) is 5.01 Å². The van der Waals surface area contributed by atoms with Crippen molar-refractivity contribution in [3.63, 3.8) is 0 Å². The number of ketones is 1.